The van der Waals surface area contributed by atoms with Crippen LogP contribution in [0.25, 0.3) is 10.9 Å². The van der Waals surface area contributed by atoms with E-state index >= 15 is 0 Å². The van der Waals surface area contributed by atoms with Crippen molar-refractivity contribution in [2.75, 3.05) is 18.5 Å². The molecule has 1 saturated carbocycles. The zero-order valence-corrected chi connectivity index (χ0v) is 22.8. The second kappa shape index (κ2) is 9.96. The molecule has 40 heavy (non-hydrogen) atoms. The number of aliphatic hydroxyl groups excluding tert-OH is 1. The Kier molecular flexibility index (Phi) is 6.89. The molecule has 2 heterocycles. The number of alkyl halides is 2. The number of hydrogen-bond acceptors (Lipinski definition) is 6. The second-order valence-corrected chi connectivity index (χ2v) is 11.3. The minimum absolute atomic E-state index is 0.0375. The number of alkyl carbamates (subject to hydrolysis) is 1. The summed E-state index contributed by atoms with van der Waals surface area (Å²) in [4.78, 5) is 25.0. The number of aromatic nitrogens is 1. The number of carbonyl (C=O) groups is 2. The molecule has 9 nitrogen and oxygen atoms in total. The molecular formula is C29H33F2N3O6. The molecule has 0 saturated heterocycles. The Bertz CT molecular complexity index is 1460. The molecule has 0 spiro atoms. The van der Waals surface area contributed by atoms with Crippen molar-refractivity contribution in [3.63, 3.8) is 0 Å². The minimum Gasteiger partial charge on any atom is -0.450 e. The highest BCUT2D eigenvalue weighted by molar-refractivity contribution is 6.02. The summed E-state index contributed by atoms with van der Waals surface area (Å²) in [6.45, 7) is 8.45. The number of carbonyl (C=O) groups excluding carboxylic acids is 2. The fourth-order valence-corrected chi connectivity index (χ4v) is 5.09. The van der Waals surface area contributed by atoms with Crippen molar-refractivity contribution < 1.29 is 37.7 Å². The van der Waals surface area contributed by atoms with E-state index in [4.69, 9.17) is 4.74 Å². The number of benzene rings is 2. The van der Waals surface area contributed by atoms with Gasteiger partial charge >= 0.3 is 12.4 Å². The Morgan fingerprint density at radius 2 is 1.82 bits per heavy atom. The van der Waals surface area contributed by atoms with E-state index in [0.29, 0.717) is 24.1 Å². The van der Waals surface area contributed by atoms with Crippen molar-refractivity contribution in [1.29, 1.82) is 0 Å². The molecule has 5 rings (SSSR count). The molecule has 1 atom stereocenters. The molecule has 3 aromatic rings. The van der Waals surface area contributed by atoms with Gasteiger partial charge in [0.05, 0.1) is 24.7 Å². The number of rotatable bonds is 8. The molecule has 0 radical (unpaired) electrons. The molecule has 1 aromatic heterocycles. The first-order valence-corrected chi connectivity index (χ1v) is 13.3. The van der Waals surface area contributed by atoms with Crippen LogP contribution in [-0.2, 0) is 26.9 Å². The van der Waals surface area contributed by atoms with Gasteiger partial charge in [0.25, 0.3) is 0 Å². The third kappa shape index (κ3) is 5.42. The van der Waals surface area contributed by atoms with E-state index < -0.39 is 23.9 Å². The van der Waals surface area contributed by atoms with Crippen LogP contribution in [0.4, 0.5) is 19.3 Å². The molecule has 1 aliphatic heterocycles. The summed E-state index contributed by atoms with van der Waals surface area (Å²) in [6.07, 6.45) is -3.98. The van der Waals surface area contributed by atoms with Crippen LogP contribution < -0.4 is 20.1 Å². The number of aliphatic hydroxyl groups is 1. The maximum absolute atomic E-state index is 13.5. The zero-order valence-electron chi connectivity index (χ0n) is 22.8. The van der Waals surface area contributed by atoms with Gasteiger partial charge in [-0.25, -0.2) is 4.79 Å². The third-order valence-corrected chi connectivity index (χ3v) is 7.22. The van der Waals surface area contributed by atoms with Crippen LogP contribution >= 0.6 is 0 Å². The third-order valence-electron chi connectivity index (χ3n) is 7.22. The largest absolute Gasteiger partial charge is 0.586 e. The highest BCUT2D eigenvalue weighted by atomic mass is 19.3. The standard InChI is InChI=1S/C29H33F2N3O6/c1-5-38-26(37)32-15-20(35)16-34-21-8-7-19(12-17(21)13-24(34)27(2,3)4)33-25(36)28(10-11-28)18-6-9-22-23(14-18)40-29(30,31)39-22/h6-9,12-14,20,35H,5,10-11,15-16H2,1-4H3,(H,32,37)(H,33,36)/t20-/m0/s1. The van der Waals surface area contributed by atoms with Crippen LogP contribution in [-0.4, -0.2) is 47.2 Å². The first-order chi connectivity index (χ1) is 18.8. The fraction of sp³-hybridized carbons (Fsp3) is 0.448. The monoisotopic (exact) mass is 557 g/mol. The van der Waals surface area contributed by atoms with Crippen LogP contribution in [0.3, 0.4) is 0 Å². The van der Waals surface area contributed by atoms with Gasteiger partial charge in [-0.3, -0.25) is 4.79 Å². The van der Waals surface area contributed by atoms with Gasteiger partial charge in [-0.2, -0.15) is 0 Å². The average molecular weight is 558 g/mol. The van der Waals surface area contributed by atoms with Crippen LogP contribution in [0, 0.1) is 0 Å². The van der Waals surface area contributed by atoms with E-state index in [1.54, 1.807) is 19.1 Å². The summed E-state index contributed by atoms with van der Waals surface area (Å²) in [7, 11) is 0. The molecule has 0 unspecified atom stereocenters. The molecule has 11 heteroatoms. The van der Waals surface area contributed by atoms with E-state index in [0.717, 1.165) is 16.6 Å². The van der Waals surface area contributed by atoms with E-state index in [1.165, 1.54) is 12.1 Å². The summed E-state index contributed by atoms with van der Waals surface area (Å²) in [5.41, 5.74) is 1.97. The van der Waals surface area contributed by atoms with Gasteiger partial charge < -0.3 is 34.5 Å². The minimum atomic E-state index is -3.72. The first kappa shape index (κ1) is 27.7. The summed E-state index contributed by atoms with van der Waals surface area (Å²) in [5, 5.41) is 17.1. The Hall–Kier alpha value is -3.86. The second-order valence-electron chi connectivity index (χ2n) is 11.3. The quantitative estimate of drug-likeness (QED) is 0.358. The first-order valence-electron chi connectivity index (χ1n) is 13.3. The van der Waals surface area contributed by atoms with E-state index in [1.807, 2.05) is 22.8 Å². The fourth-order valence-electron chi connectivity index (χ4n) is 5.09. The predicted octanol–water partition coefficient (Wildman–Crippen LogP) is 5.04. The molecule has 1 aliphatic carbocycles. The van der Waals surface area contributed by atoms with E-state index in [9.17, 15) is 23.5 Å². The van der Waals surface area contributed by atoms with Gasteiger partial charge in [-0.05, 0) is 61.7 Å². The lowest BCUT2D eigenvalue weighted by Gasteiger charge is -2.24. The van der Waals surface area contributed by atoms with Crippen molar-refractivity contribution in [2.45, 2.75) is 70.3 Å². The molecule has 2 aliphatic rings. The van der Waals surface area contributed by atoms with Crippen LogP contribution in [0.5, 0.6) is 11.5 Å². The smallest absolute Gasteiger partial charge is 0.450 e. The number of nitrogens with one attached hydrogen (secondary N) is 2. The Labute approximate surface area is 230 Å². The maximum Gasteiger partial charge on any atom is 0.586 e. The van der Waals surface area contributed by atoms with Gasteiger partial charge in [0.2, 0.25) is 5.91 Å². The van der Waals surface area contributed by atoms with Crippen molar-refractivity contribution in [3.05, 3.63) is 53.7 Å². The van der Waals surface area contributed by atoms with Crippen molar-refractivity contribution in [1.82, 2.24) is 9.88 Å². The van der Waals surface area contributed by atoms with Gasteiger partial charge in [-0.1, -0.05) is 26.8 Å². The van der Waals surface area contributed by atoms with E-state index in [2.05, 4.69) is 40.9 Å². The highest BCUT2D eigenvalue weighted by Gasteiger charge is 2.52. The van der Waals surface area contributed by atoms with Gasteiger partial charge in [0.15, 0.2) is 11.5 Å². The molecule has 214 valence electrons. The topological polar surface area (TPSA) is 111 Å². The van der Waals surface area contributed by atoms with Crippen molar-refractivity contribution in [2.24, 2.45) is 0 Å². The number of ether oxygens (including phenoxy) is 3. The molecular weight excluding hydrogens is 524 g/mol. The number of anilines is 1. The zero-order chi connectivity index (χ0) is 28.9. The molecule has 2 aromatic carbocycles. The Morgan fingerprint density at radius 1 is 1.10 bits per heavy atom. The maximum atomic E-state index is 13.5. The number of amides is 2. The SMILES string of the molecule is CCOC(=O)NC[C@H](O)Cn1c(C(C)(C)C)cc2cc(NC(=O)C3(c4ccc5c(c4)OC(F)(F)O5)CC3)ccc21. The lowest BCUT2D eigenvalue weighted by molar-refractivity contribution is -0.286. The summed E-state index contributed by atoms with van der Waals surface area (Å²) in [5.74, 6) is -0.372. The van der Waals surface area contributed by atoms with Crippen LogP contribution in [0.1, 0.15) is 51.8 Å². The lowest BCUT2D eigenvalue weighted by Crippen LogP contribution is -2.35. The van der Waals surface area contributed by atoms with Gasteiger partial charge in [0.1, 0.15) is 0 Å². The Morgan fingerprint density at radius 3 is 2.50 bits per heavy atom. The lowest BCUT2D eigenvalue weighted by atomic mass is 9.92. The van der Waals surface area contributed by atoms with Crippen LogP contribution in [0.2, 0.25) is 0 Å². The number of fused-ring (bicyclic) bond motifs is 2. The molecule has 3 N–H and O–H groups in total. The summed E-state index contributed by atoms with van der Waals surface area (Å²) in [6, 6.07) is 12.1. The number of hydrogen-bond donors (Lipinski definition) is 3. The Balaban J connectivity index is 1.35. The van der Waals surface area contributed by atoms with Gasteiger partial charge in [0, 0.05) is 34.2 Å². The van der Waals surface area contributed by atoms with Crippen molar-refractivity contribution >= 4 is 28.6 Å². The van der Waals surface area contributed by atoms with Crippen LogP contribution in [0.15, 0.2) is 42.5 Å². The molecule has 0 bridgehead atoms. The number of halogens is 2. The summed E-state index contributed by atoms with van der Waals surface area (Å²) >= 11 is 0. The molecule has 2 amide bonds. The van der Waals surface area contributed by atoms with Gasteiger partial charge in [-0.15, -0.1) is 8.78 Å². The average Bonchev–Trinajstić information content (AvgIpc) is 3.51. The van der Waals surface area contributed by atoms with E-state index in [-0.39, 0.29) is 42.5 Å². The number of nitrogens with zero attached hydrogens (tertiary/aromatic N) is 1. The van der Waals surface area contributed by atoms with Crippen molar-refractivity contribution in [3.8, 4) is 11.5 Å². The predicted molar refractivity (Wildman–Crippen MR) is 144 cm³/mol. The highest BCUT2D eigenvalue weighted by Crippen LogP contribution is 2.52. The normalized spacial score (nSPS) is 17.4. The molecule has 1 fully saturated rings. The summed E-state index contributed by atoms with van der Waals surface area (Å²) < 4.78 is 42.9.